The molecule has 1 aromatic carbocycles. The molecule has 1 aromatic rings. The summed E-state index contributed by atoms with van der Waals surface area (Å²) in [5, 5.41) is 5.06. The normalized spacial score (nSPS) is 22.2. The zero-order valence-electron chi connectivity index (χ0n) is 10.5. The minimum atomic E-state index is 0.00301. The van der Waals surface area contributed by atoms with Crippen LogP contribution in [0.25, 0.3) is 5.70 Å². The first-order valence-corrected chi connectivity index (χ1v) is 6.68. The zero-order chi connectivity index (χ0) is 12.8. The van der Waals surface area contributed by atoms with Crippen LogP contribution in [0.1, 0.15) is 18.4 Å². The van der Waals surface area contributed by atoms with Crippen molar-refractivity contribution in [3.05, 3.63) is 53.4 Å². The highest BCUT2D eigenvalue weighted by atomic mass is 16.2. The van der Waals surface area contributed by atoms with Crippen LogP contribution in [0.2, 0.25) is 0 Å². The predicted molar refractivity (Wildman–Crippen MR) is 72.2 cm³/mol. The van der Waals surface area contributed by atoms with Crippen molar-refractivity contribution in [3.63, 3.8) is 0 Å². The van der Waals surface area contributed by atoms with E-state index in [4.69, 9.17) is 0 Å². The fourth-order valence-electron chi connectivity index (χ4n) is 2.69. The van der Waals surface area contributed by atoms with Crippen LogP contribution in [0.5, 0.6) is 0 Å². The van der Waals surface area contributed by atoms with Gasteiger partial charge in [0.15, 0.2) is 0 Å². The molecule has 19 heavy (non-hydrogen) atoms. The van der Waals surface area contributed by atoms with Gasteiger partial charge in [0.25, 0.3) is 5.91 Å². The van der Waals surface area contributed by atoms with Crippen molar-refractivity contribution in [2.45, 2.75) is 12.8 Å². The lowest BCUT2D eigenvalue weighted by atomic mass is 10.1. The number of nitrogens with zero attached hydrogens (tertiary/aromatic N) is 1. The van der Waals surface area contributed by atoms with Crippen LogP contribution in [0.3, 0.4) is 0 Å². The maximum absolute atomic E-state index is 12.2. The van der Waals surface area contributed by atoms with E-state index in [1.807, 2.05) is 30.3 Å². The van der Waals surface area contributed by atoms with Gasteiger partial charge in [0.1, 0.15) is 5.82 Å². The maximum atomic E-state index is 12.2. The van der Waals surface area contributed by atoms with Gasteiger partial charge in [-0.15, -0.1) is 0 Å². The monoisotopic (exact) mass is 253 g/mol. The van der Waals surface area contributed by atoms with E-state index in [2.05, 4.69) is 10.7 Å². The summed E-state index contributed by atoms with van der Waals surface area (Å²) in [5.74, 6) is 1.61. The van der Waals surface area contributed by atoms with Gasteiger partial charge in [-0.3, -0.25) is 4.79 Å². The molecule has 0 unspecified atom stereocenters. The van der Waals surface area contributed by atoms with Gasteiger partial charge in [-0.05, 0) is 29.9 Å². The van der Waals surface area contributed by atoms with Gasteiger partial charge in [-0.1, -0.05) is 30.3 Å². The van der Waals surface area contributed by atoms with Crippen molar-refractivity contribution in [3.8, 4) is 0 Å². The fraction of sp³-hybridized carbons (Fsp3) is 0.267. The van der Waals surface area contributed by atoms with Crippen molar-refractivity contribution in [2.75, 3.05) is 6.54 Å². The number of nitrogens with one attached hydrogen (secondary N) is 2. The van der Waals surface area contributed by atoms with Gasteiger partial charge in [0.05, 0.1) is 5.70 Å². The molecule has 2 heterocycles. The second kappa shape index (κ2) is 3.96. The third-order valence-corrected chi connectivity index (χ3v) is 3.85. The molecule has 3 aliphatic rings. The highest BCUT2D eigenvalue weighted by Gasteiger charge is 2.37. The quantitative estimate of drug-likeness (QED) is 0.841. The predicted octanol–water partition coefficient (Wildman–Crippen LogP) is 1.60. The Morgan fingerprint density at radius 2 is 1.95 bits per heavy atom. The van der Waals surface area contributed by atoms with Crippen LogP contribution in [-0.2, 0) is 4.79 Å². The lowest BCUT2D eigenvalue weighted by molar-refractivity contribution is -0.126. The Bertz CT molecular complexity index is 599. The number of hydrogen-bond donors (Lipinski definition) is 2. The SMILES string of the molecule is O=C1C=C(c2ccccc2)NC2=C(C3CC3)CNN12. The molecule has 2 N–H and O–H groups in total. The van der Waals surface area contributed by atoms with Crippen molar-refractivity contribution >= 4 is 11.6 Å². The van der Waals surface area contributed by atoms with Gasteiger partial charge >= 0.3 is 0 Å². The van der Waals surface area contributed by atoms with Crippen LogP contribution < -0.4 is 10.7 Å². The first kappa shape index (κ1) is 10.8. The van der Waals surface area contributed by atoms with E-state index >= 15 is 0 Å². The average Bonchev–Trinajstić information content (AvgIpc) is 3.19. The van der Waals surface area contributed by atoms with Gasteiger partial charge in [0.2, 0.25) is 0 Å². The topological polar surface area (TPSA) is 44.4 Å². The van der Waals surface area contributed by atoms with Crippen molar-refractivity contribution in [1.82, 2.24) is 15.8 Å². The largest absolute Gasteiger partial charge is 0.340 e. The number of carbonyl (C=O) groups is 1. The Hall–Kier alpha value is -2.07. The number of carbonyl (C=O) groups excluding carboxylic acids is 1. The van der Waals surface area contributed by atoms with Crippen LogP contribution in [0, 0.1) is 5.92 Å². The molecule has 0 aromatic heterocycles. The molecule has 1 amide bonds. The maximum Gasteiger partial charge on any atom is 0.268 e. The Morgan fingerprint density at radius 1 is 1.16 bits per heavy atom. The first-order chi connectivity index (χ1) is 9.33. The lowest BCUT2D eigenvalue weighted by Gasteiger charge is -2.26. The number of rotatable bonds is 2. The van der Waals surface area contributed by atoms with Gasteiger partial charge in [-0.2, -0.15) is 0 Å². The minimum absolute atomic E-state index is 0.00301. The molecule has 0 bridgehead atoms. The number of fused-ring (bicyclic) bond motifs is 1. The number of hydrogen-bond acceptors (Lipinski definition) is 3. The summed E-state index contributed by atoms with van der Waals surface area (Å²) >= 11 is 0. The molecule has 0 atom stereocenters. The third kappa shape index (κ3) is 1.76. The summed E-state index contributed by atoms with van der Waals surface area (Å²) in [6.07, 6.45) is 4.14. The molecule has 4 nitrogen and oxygen atoms in total. The Labute approximate surface area is 111 Å². The molecule has 4 heteroatoms. The fourth-order valence-corrected chi connectivity index (χ4v) is 2.69. The van der Waals surface area contributed by atoms with E-state index in [1.54, 1.807) is 11.1 Å². The second-order valence-corrected chi connectivity index (χ2v) is 5.21. The summed E-state index contributed by atoms with van der Waals surface area (Å²) in [4.78, 5) is 12.2. The van der Waals surface area contributed by atoms with Crippen LogP contribution in [-0.4, -0.2) is 17.5 Å². The van der Waals surface area contributed by atoms with E-state index in [-0.39, 0.29) is 5.91 Å². The average molecular weight is 253 g/mol. The number of hydrazine groups is 1. The summed E-state index contributed by atoms with van der Waals surface area (Å²) < 4.78 is 0. The molecule has 2 aliphatic heterocycles. The van der Waals surface area contributed by atoms with E-state index in [0.717, 1.165) is 23.6 Å². The van der Waals surface area contributed by atoms with Gasteiger partial charge in [-0.25, -0.2) is 10.4 Å². The molecular weight excluding hydrogens is 238 g/mol. The van der Waals surface area contributed by atoms with E-state index in [9.17, 15) is 4.79 Å². The van der Waals surface area contributed by atoms with E-state index in [0.29, 0.717) is 5.92 Å². The molecule has 0 radical (unpaired) electrons. The molecule has 1 fully saturated rings. The van der Waals surface area contributed by atoms with Crippen LogP contribution in [0.4, 0.5) is 0 Å². The first-order valence-electron chi connectivity index (χ1n) is 6.68. The van der Waals surface area contributed by atoms with Crippen molar-refractivity contribution in [2.24, 2.45) is 5.92 Å². The van der Waals surface area contributed by atoms with Crippen LogP contribution >= 0.6 is 0 Å². The van der Waals surface area contributed by atoms with Gasteiger partial charge < -0.3 is 5.32 Å². The lowest BCUT2D eigenvalue weighted by Crippen LogP contribution is -2.43. The smallest absolute Gasteiger partial charge is 0.268 e. The van der Waals surface area contributed by atoms with Crippen molar-refractivity contribution in [1.29, 1.82) is 0 Å². The number of amides is 1. The van der Waals surface area contributed by atoms with Crippen LogP contribution in [0.15, 0.2) is 47.8 Å². The molecule has 0 spiro atoms. The Morgan fingerprint density at radius 3 is 2.68 bits per heavy atom. The summed E-state index contributed by atoms with van der Waals surface area (Å²) in [6.45, 7) is 0.786. The molecule has 96 valence electrons. The molecule has 4 rings (SSSR count). The van der Waals surface area contributed by atoms with E-state index < -0.39 is 0 Å². The zero-order valence-corrected chi connectivity index (χ0v) is 10.5. The molecule has 1 aliphatic carbocycles. The van der Waals surface area contributed by atoms with E-state index in [1.165, 1.54) is 18.4 Å². The Kier molecular flexibility index (Phi) is 2.26. The highest BCUT2D eigenvalue weighted by Crippen LogP contribution is 2.40. The Balaban J connectivity index is 1.74. The summed E-state index contributed by atoms with van der Waals surface area (Å²) in [5.41, 5.74) is 6.43. The highest BCUT2D eigenvalue weighted by molar-refractivity contribution is 5.98. The molecular formula is C15H15N3O. The number of benzene rings is 1. The van der Waals surface area contributed by atoms with Crippen molar-refractivity contribution < 1.29 is 4.79 Å². The van der Waals surface area contributed by atoms with Gasteiger partial charge in [0, 0.05) is 12.6 Å². The molecule has 0 saturated heterocycles. The summed E-state index contributed by atoms with van der Waals surface area (Å²) in [6, 6.07) is 9.98. The molecule has 1 saturated carbocycles. The third-order valence-electron chi connectivity index (χ3n) is 3.85. The second-order valence-electron chi connectivity index (χ2n) is 5.21. The summed E-state index contributed by atoms with van der Waals surface area (Å²) in [7, 11) is 0. The standard InChI is InChI=1S/C15H15N3O/c19-14-8-13(11-4-2-1-3-5-11)17-15-12(10-6-7-10)9-16-18(14)15/h1-5,8,10,16-17H,6-7,9H2. The minimum Gasteiger partial charge on any atom is -0.340 e.